The quantitative estimate of drug-likeness (QED) is 0.199. The van der Waals surface area contributed by atoms with Crippen LogP contribution in [0.25, 0.3) is 0 Å². The number of aromatic nitrogens is 2. The van der Waals surface area contributed by atoms with Gasteiger partial charge in [-0.1, -0.05) is 24.3 Å². The normalized spacial score (nSPS) is 15.0. The van der Waals surface area contributed by atoms with Crippen molar-refractivity contribution in [2.45, 2.75) is 38.8 Å². The van der Waals surface area contributed by atoms with Gasteiger partial charge in [0, 0.05) is 48.5 Å². The van der Waals surface area contributed by atoms with E-state index in [1.807, 2.05) is 72.6 Å². The lowest BCUT2D eigenvalue weighted by Gasteiger charge is -2.31. The number of aryl methyl sites for hydroxylation is 1. The number of nitrogens with one attached hydrogen (secondary N) is 2. The number of hydrogen-bond donors (Lipinski definition) is 2. The van der Waals surface area contributed by atoms with Crippen molar-refractivity contribution < 1.29 is 17.9 Å². The van der Waals surface area contributed by atoms with E-state index in [0.29, 0.717) is 23.0 Å². The first kappa shape index (κ1) is 35.6. The number of ether oxygens (including phenoxy) is 1. The number of likely N-dealkylation sites (tertiary alicyclic amines) is 1. The van der Waals surface area contributed by atoms with Crippen LogP contribution in [0.5, 0.6) is 11.6 Å². The molecule has 240 valence electrons. The lowest BCUT2D eigenvalue weighted by atomic mass is 10.1. The van der Waals surface area contributed by atoms with Crippen LogP contribution in [0, 0.1) is 6.92 Å². The minimum atomic E-state index is -3.33. The van der Waals surface area contributed by atoms with Crippen molar-refractivity contribution in [2.24, 2.45) is 0 Å². The van der Waals surface area contributed by atoms with E-state index in [1.165, 1.54) is 0 Å². The SMILES string of the molecule is Cc1ccc(NC(=O)N(c2ccccc2)C2CCCN(Cc3ccc(Oc4ccc(NS(C)(=O)=O)cc4)nc3)CC2)cn1.Cl.Cl. The van der Waals surface area contributed by atoms with Crippen LogP contribution < -0.4 is 19.7 Å². The molecule has 2 aromatic carbocycles. The van der Waals surface area contributed by atoms with Crippen LogP contribution in [-0.4, -0.2) is 54.7 Å². The molecule has 1 unspecified atom stereocenters. The van der Waals surface area contributed by atoms with Gasteiger partial charge in [-0.2, -0.15) is 0 Å². The number of sulfonamides is 1. The van der Waals surface area contributed by atoms with Gasteiger partial charge < -0.3 is 10.1 Å². The summed E-state index contributed by atoms with van der Waals surface area (Å²) < 4.78 is 31.1. The summed E-state index contributed by atoms with van der Waals surface area (Å²) in [6.07, 6.45) is 7.31. The number of anilines is 3. The summed E-state index contributed by atoms with van der Waals surface area (Å²) in [4.78, 5) is 26.6. The second-order valence-electron chi connectivity index (χ2n) is 10.7. The van der Waals surface area contributed by atoms with Crippen molar-refractivity contribution in [3.63, 3.8) is 0 Å². The van der Waals surface area contributed by atoms with Crippen LogP contribution in [-0.2, 0) is 16.6 Å². The Morgan fingerprint density at radius 2 is 1.64 bits per heavy atom. The smallest absolute Gasteiger partial charge is 0.326 e. The Balaban J connectivity index is 0.00000276. The maximum absolute atomic E-state index is 13.5. The maximum atomic E-state index is 13.5. The van der Waals surface area contributed by atoms with E-state index in [2.05, 4.69) is 24.9 Å². The van der Waals surface area contributed by atoms with Crippen LogP contribution in [0.2, 0.25) is 0 Å². The number of hydrogen-bond acceptors (Lipinski definition) is 7. The van der Waals surface area contributed by atoms with Gasteiger partial charge in [0.2, 0.25) is 15.9 Å². The van der Waals surface area contributed by atoms with Gasteiger partial charge >= 0.3 is 6.03 Å². The number of pyridine rings is 2. The van der Waals surface area contributed by atoms with Crippen molar-refractivity contribution in [1.29, 1.82) is 0 Å². The van der Waals surface area contributed by atoms with Crippen molar-refractivity contribution in [2.75, 3.05) is 34.3 Å². The predicted octanol–water partition coefficient (Wildman–Crippen LogP) is 6.89. The average molecular weight is 674 g/mol. The fourth-order valence-electron chi connectivity index (χ4n) is 5.11. The molecule has 2 aromatic heterocycles. The van der Waals surface area contributed by atoms with E-state index in [0.717, 1.165) is 62.1 Å². The third-order valence-electron chi connectivity index (χ3n) is 7.15. The third-order valence-corrected chi connectivity index (χ3v) is 7.76. The number of halogens is 2. The second-order valence-corrected chi connectivity index (χ2v) is 12.4. The highest BCUT2D eigenvalue weighted by atomic mass is 35.5. The minimum Gasteiger partial charge on any atom is -0.439 e. The molecule has 45 heavy (non-hydrogen) atoms. The second kappa shape index (κ2) is 16.4. The molecule has 5 rings (SSSR count). The highest BCUT2D eigenvalue weighted by molar-refractivity contribution is 7.92. The Labute approximate surface area is 277 Å². The lowest BCUT2D eigenvalue weighted by Crippen LogP contribution is -2.43. The van der Waals surface area contributed by atoms with E-state index in [1.54, 1.807) is 30.5 Å². The van der Waals surface area contributed by atoms with Crippen LogP contribution in [0.1, 0.15) is 30.5 Å². The van der Waals surface area contributed by atoms with Crippen LogP contribution in [0.3, 0.4) is 0 Å². The molecule has 0 bridgehead atoms. The van der Waals surface area contributed by atoms with Gasteiger partial charge in [-0.15, -0.1) is 24.8 Å². The first-order valence-corrected chi connectivity index (χ1v) is 16.1. The van der Waals surface area contributed by atoms with Gasteiger partial charge in [0.1, 0.15) is 5.75 Å². The fourth-order valence-corrected chi connectivity index (χ4v) is 5.68. The fraction of sp³-hybridized carbons (Fsp3) is 0.281. The number of amides is 2. The van der Waals surface area contributed by atoms with E-state index in [9.17, 15) is 13.2 Å². The highest BCUT2D eigenvalue weighted by Crippen LogP contribution is 2.26. The van der Waals surface area contributed by atoms with Gasteiger partial charge in [0.15, 0.2) is 0 Å². The van der Waals surface area contributed by atoms with Crippen LogP contribution >= 0.6 is 24.8 Å². The molecule has 1 atom stereocenters. The molecule has 2 amide bonds. The minimum absolute atomic E-state index is 0. The van der Waals surface area contributed by atoms with Crippen LogP contribution in [0.15, 0.2) is 91.3 Å². The molecule has 1 saturated heterocycles. The maximum Gasteiger partial charge on any atom is 0.326 e. The summed E-state index contributed by atoms with van der Waals surface area (Å²) in [5, 5.41) is 3.03. The van der Waals surface area contributed by atoms with E-state index in [-0.39, 0.29) is 36.9 Å². The van der Waals surface area contributed by atoms with Gasteiger partial charge in [0.05, 0.1) is 18.1 Å². The predicted molar refractivity (Wildman–Crippen MR) is 184 cm³/mol. The van der Waals surface area contributed by atoms with Gasteiger partial charge in [0.25, 0.3) is 0 Å². The van der Waals surface area contributed by atoms with Crippen molar-refractivity contribution >= 4 is 57.9 Å². The van der Waals surface area contributed by atoms with Crippen molar-refractivity contribution in [3.8, 4) is 11.6 Å². The third kappa shape index (κ3) is 10.6. The molecular formula is C32H38Cl2N6O4S. The summed E-state index contributed by atoms with van der Waals surface area (Å²) >= 11 is 0. The molecule has 0 spiro atoms. The van der Waals surface area contributed by atoms with E-state index < -0.39 is 10.0 Å². The number of rotatable bonds is 9. The zero-order valence-corrected chi connectivity index (χ0v) is 27.6. The van der Waals surface area contributed by atoms with Crippen molar-refractivity contribution in [3.05, 3.63) is 103 Å². The summed E-state index contributed by atoms with van der Waals surface area (Å²) in [7, 11) is -3.33. The first-order valence-electron chi connectivity index (χ1n) is 14.2. The largest absolute Gasteiger partial charge is 0.439 e. The first-order chi connectivity index (χ1) is 20.7. The Kier molecular flexibility index (Phi) is 13.0. The zero-order chi connectivity index (χ0) is 30.2. The average Bonchev–Trinajstić information content (AvgIpc) is 3.21. The molecule has 0 aliphatic carbocycles. The zero-order valence-electron chi connectivity index (χ0n) is 25.1. The number of carbonyl (C=O) groups excluding carboxylic acids is 1. The number of urea groups is 1. The Hall–Kier alpha value is -3.90. The molecule has 1 aliphatic heterocycles. The Morgan fingerprint density at radius 3 is 2.29 bits per heavy atom. The topological polar surface area (TPSA) is 117 Å². The van der Waals surface area contributed by atoms with Crippen molar-refractivity contribution in [1.82, 2.24) is 14.9 Å². The van der Waals surface area contributed by atoms with Crippen LogP contribution in [0.4, 0.5) is 21.9 Å². The number of benzene rings is 2. The molecule has 10 nitrogen and oxygen atoms in total. The van der Waals surface area contributed by atoms with E-state index in [4.69, 9.17) is 4.74 Å². The molecule has 2 N–H and O–H groups in total. The molecule has 0 radical (unpaired) electrons. The molecule has 13 heteroatoms. The molecule has 0 saturated carbocycles. The number of nitrogens with zero attached hydrogens (tertiary/aromatic N) is 4. The standard InChI is InChI=1S/C32H36N6O4S.2ClH/c1-24-10-12-27(22-33-24)35-32(39)38(28-7-4-3-5-8-28)29-9-6-19-37(20-18-29)23-25-11-17-31(34-21-25)42-30-15-13-26(14-16-30)36-43(2,40)41;;/h3-5,7-8,10-17,21-22,29,36H,6,9,18-20,23H2,1-2H3,(H,35,39);2*1H. The van der Waals surface area contributed by atoms with Gasteiger partial charge in [-0.3, -0.25) is 19.5 Å². The monoisotopic (exact) mass is 672 g/mol. The highest BCUT2D eigenvalue weighted by Gasteiger charge is 2.28. The summed E-state index contributed by atoms with van der Waals surface area (Å²) in [6.45, 7) is 4.44. The van der Waals surface area contributed by atoms with Gasteiger partial charge in [-0.05, 0) is 86.8 Å². The Bertz CT molecular complexity index is 1610. The molecule has 1 fully saturated rings. The van der Waals surface area contributed by atoms with E-state index >= 15 is 0 Å². The molecule has 1 aliphatic rings. The lowest BCUT2D eigenvalue weighted by molar-refractivity contribution is 0.252. The summed E-state index contributed by atoms with van der Waals surface area (Å²) in [5.41, 5.74) is 3.99. The number of para-hydroxylation sites is 1. The summed E-state index contributed by atoms with van der Waals surface area (Å²) in [6, 6.07) is 24.0. The van der Waals surface area contributed by atoms with Gasteiger partial charge in [-0.25, -0.2) is 18.2 Å². The molecular weight excluding hydrogens is 635 g/mol. The molecule has 3 heterocycles. The molecule has 4 aromatic rings. The summed E-state index contributed by atoms with van der Waals surface area (Å²) in [5.74, 6) is 1.01. The Morgan fingerprint density at radius 1 is 0.911 bits per heavy atom. The number of carbonyl (C=O) groups is 1.